The van der Waals surface area contributed by atoms with Crippen molar-refractivity contribution in [2.45, 2.75) is 51.6 Å². The van der Waals surface area contributed by atoms with E-state index in [1.165, 1.54) is 11.1 Å². The SMILES string of the molecule is CN=C(NCC(C)(C)c1ccccc1C)N1CCC(OCCCOC)CC1.I. The number of hydrogen-bond acceptors (Lipinski definition) is 3. The third kappa shape index (κ3) is 7.52. The number of methoxy groups -OCH3 is 1. The van der Waals surface area contributed by atoms with Crippen molar-refractivity contribution in [3.63, 3.8) is 0 Å². The van der Waals surface area contributed by atoms with Crippen molar-refractivity contribution < 1.29 is 9.47 Å². The molecule has 1 aromatic rings. The van der Waals surface area contributed by atoms with E-state index in [0.29, 0.717) is 6.10 Å². The zero-order valence-electron chi connectivity index (χ0n) is 18.2. The Balaban J connectivity index is 0.00000392. The first-order valence-electron chi connectivity index (χ1n) is 10.1. The monoisotopic (exact) mass is 503 g/mol. The number of halogens is 1. The second kappa shape index (κ2) is 12.6. The summed E-state index contributed by atoms with van der Waals surface area (Å²) in [6.45, 7) is 11.1. The molecule has 0 spiro atoms. The summed E-state index contributed by atoms with van der Waals surface area (Å²) in [7, 11) is 3.61. The number of benzene rings is 1. The number of nitrogens with zero attached hydrogens (tertiary/aromatic N) is 2. The summed E-state index contributed by atoms with van der Waals surface area (Å²) in [6, 6.07) is 8.63. The molecular formula is C22H38IN3O2. The molecule has 0 aliphatic carbocycles. The Labute approximate surface area is 188 Å². The number of likely N-dealkylation sites (tertiary alicyclic amines) is 1. The van der Waals surface area contributed by atoms with Gasteiger partial charge < -0.3 is 19.7 Å². The molecule has 1 saturated heterocycles. The molecule has 1 N–H and O–H groups in total. The van der Waals surface area contributed by atoms with Crippen LogP contribution in [0.2, 0.25) is 0 Å². The van der Waals surface area contributed by atoms with Crippen LogP contribution in [0.3, 0.4) is 0 Å². The lowest BCUT2D eigenvalue weighted by atomic mass is 9.82. The van der Waals surface area contributed by atoms with Crippen molar-refractivity contribution in [1.82, 2.24) is 10.2 Å². The van der Waals surface area contributed by atoms with Crippen LogP contribution in [0, 0.1) is 6.92 Å². The van der Waals surface area contributed by atoms with Crippen LogP contribution in [-0.4, -0.2) is 64.0 Å². The molecule has 2 rings (SSSR count). The Bertz CT molecular complexity index is 599. The maximum atomic E-state index is 5.97. The molecule has 1 fully saturated rings. The molecule has 1 aliphatic rings. The molecule has 5 nitrogen and oxygen atoms in total. The topological polar surface area (TPSA) is 46.1 Å². The first kappa shape index (κ1) is 25.2. The average Bonchev–Trinajstić information content (AvgIpc) is 2.67. The fourth-order valence-corrected chi connectivity index (χ4v) is 3.75. The Morgan fingerprint density at radius 2 is 1.89 bits per heavy atom. The molecule has 0 saturated carbocycles. The normalized spacial score (nSPS) is 16.0. The highest BCUT2D eigenvalue weighted by Crippen LogP contribution is 2.25. The Morgan fingerprint density at radius 1 is 1.21 bits per heavy atom. The maximum absolute atomic E-state index is 5.97. The third-order valence-corrected chi connectivity index (χ3v) is 5.36. The Morgan fingerprint density at radius 3 is 2.50 bits per heavy atom. The first-order chi connectivity index (χ1) is 13.0. The number of aliphatic imine (C=N–C) groups is 1. The Hall–Kier alpha value is -0.860. The molecule has 160 valence electrons. The van der Waals surface area contributed by atoms with Crippen LogP contribution < -0.4 is 5.32 Å². The molecule has 1 heterocycles. The van der Waals surface area contributed by atoms with E-state index in [9.17, 15) is 0 Å². The van der Waals surface area contributed by atoms with Gasteiger partial charge in [0, 0.05) is 52.4 Å². The van der Waals surface area contributed by atoms with E-state index in [4.69, 9.17) is 9.47 Å². The number of piperidine rings is 1. The van der Waals surface area contributed by atoms with Crippen molar-refractivity contribution in [2.24, 2.45) is 4.99 Å². The van der Waals surface area contributed by atoms with Crippen molar-refractivity contribution in [3.05, 3.63) is 35.4 Å². The predicted octanol–water partition coefficient (Wildman–Crippen LogP) is 3.98. The van der Waals surface area contributed by atoms with Crippen LogP contribution in [0.25, 0.3) is 0 Å². The summed E-state index contributed by atoms with van der Waals surface area (Å²) in [5.41, 5.74) is 2.77. The van der Waals surface area contributed by atoms with Gasteiger partial charge in [-0.25, -0.2) is 0 Å². The first-order valence-corrected chi connectivity index (χ1v) is 10.1. The van der Waals surface area contributed by atoms with Crippen LogP contribution >= 0.6 is 24.0 Å². The molecule has 0 aromatic heterocycles. The zero-order chi connectivity index (χ0) is 19.7. The molecular weight excluding hydrogens is 465 g/mol. The van der Waals surface area contributed by atoms with Gasteiger partial charge in [0.05, 0.1) is 6.10 Å². The quantitative estimate of drug-likeness (QED) is 0.252. The number of hydrogen-bond donors (Lipinski definition) is 1. The van der Waals surface area contributed by atoms with E-state index in [1.54, 1.807) is 7.11 Å². The molecule has 1 aromatic carbocycles. The lowest BCUT2D eigenvalue weighted by Crippen LogP contribution is -2.49. The van der Waals surface area contributed by atoms with Gasteiger partial charge in [0.1, 0.15) is 0 Å². The lowest BCUT2D eigenvalue weighted by molar-refractivity contribution is 0.00987. The summed E-state index contributed by atoms with van der Waals surface area (Å²) in [5.74, 6) is 0.995. The van der Waals surface area contributed by atoms with Gasteiger partial charge >= 0.3 is 0 Å². The highest BCUT2D eigenvalue weighted by molar-refractivity contribution is 14.0. The number of aryl methyl sites for hydroxylation is 1. The van der Waals surface area contributed by atoms with Gasteiger partial charge in [-0.3, -0.25) is 4.99 Å². The van der Waals surface area contributed by atoms with E-state index < -0.39 is 0 Å². The third-order valence-electron chi connectivity index (χ3n) is 5.36. The molecule has 0 atom stereocenters. The second-order valence-electron chi connectivity index (χ2n) is 8.00. The minimum atomic E-state index is 0. The summed E-state index contributed by atoms with van der Waals surface area (Å²) in [4.78, 5) is 6.87. The summed E-state index contributed by atoms with van der Waals surface area (Å²) < 4.78 is 11.0. The standard InChI is InChI=1S/C22H37N3O2.HI/c1-18-9-6-7-10-20(18)22(2,3)17-24-21(23-4)25-13-11-19(12-14-25)27-16-8-15-26-5;/h6-7,9-10,19H,8,11-17H2,1-5H3,(H,23,24);1H. The van der Waals surface area contributed by atoms with E-state index in [2.05, 4.69) is 60.2 Å². The van der Waals surface area contributed by atoms with Gasteiger partial charge in [0.15, 0.2) is 5.96 Å². The van der Waals surface area contributed by atoms with Crippen molar-refractivity contribution in [2.75, 3.05) is 47.0 Å². The molecule has 0 bridgehead atoms. The van der Waals surface area contributed by atoms with E-state index >= 15 is 0 Å². The highest BCUT2D eigenvalue weighted by Gasteiger charge is 2.25. The second-order valence-corrected chi connectivity index (χ2v) is 8.00. The van der Waals surface area contributed by atoms with Gasteiger partial charge in [-0.1, -0.05) is 38.1 Å². The smallest absolute Gasteiger partial charge is 0.193 e. The highest BCUT2D eigenvalue weighted by atomic mass is 127. The Kier molecular flexibility index (Phi) is 11.4. The van der Waals surface area contributed by atoms with Gasteiger partial charge in [0.25, 0.3) is 0 Å². The van der Waals surface area contributed by atoms with Crippen LogP contribution in [0.15, 0.2) is 29.3 Å². The number of guanidine groups is 1. The van der Waals surface area contributed by atoms with E-state index in [0.717, 1.165) is 58.1 Å². The molecule has 0 amide bonds. The summed E-state index contributed by atoms with van der Waals surface area (Å²) in [6.07, 6.45) is 3.43. The van der Waals surface area contributed by atoms with Gasteiger partial charge in [0.2, 0.25) is 0 Å². The molecule has 1 aliphatic heterocycles. The zero-order valence-corrected chi connectivity index (χ0v) is 20.5. The minimum Gasteiger partial charge on any atom is -0.385 e. The number of ether oxygens (including phenoxy) is 2. The molecule has 6 heteroatoms. The van der Waals surface area contributed by atoms with Crippen molar-refractivity contribution in [3.8, 4) is 0 Å². The molecule has 28 heavy (non-hydrogen) atoms. The minimum absolute atomic E-state index is 0. The largest absolute Gasteiger partial charge is 0.385 e. The lowest BCUT2D eigenvalue weighted by Gasteiger charge is -2.36. The van der Waals surface area contributed by atoms with Crippen molar-refractivity contribution in [1.29, 1.82) is 0 Å². The van der Waals surface area contributed by atoms with E-state index in [1.807, 2.05) is 7.05 Å². The van der Waals surface area contributed by atoms with Crippen LogP contribution in [-0.2, 0) is 14.9 Å². The average molecular weight is 503 g/mol. The van der Waals surface area contributed by atoms with Crippen molar-refractivity contribution >= 4 is 29.9 Å². The van der Waals surface area contributed by atoms with E-state index in [-0.39, 0.29) is 29.4 Å². The van der Waals surface area contributed by atoms with Crippen LogP contribution in [0.1, 0.15) is 44.2 Å². The summed E-state index contributed by atoms with van der Waals surface area (Å²) in [5, 5.41) is 3.60. The van der Waals surface area contributed by atoms with Crippen LogP contribution in [0.4, 0.5) is 0 Å². The van der Waals surface area contributed by atoms with Gasteiger partial charge in [-0.05, 0) is 37.3 Å². The number of rotatable bonds is 8. The summed E-state index contributed by atoms with van der Waals surface area (Å²) >= 11 is 0. The fourth-order valence-electron chi connectivity index (χ4n) is 3.75. The van der Waals surface area contributed by atoms with Crippen LogP contribution in [0.5, 0.6) is 0 Å². The van der Waals surface area contributed by atoms with Gasteiger partial charge in [-0.15, -0.1) is 24.0 Å². The molecule has 0 radical (unpaired) electrons. The number of nitrogens with one attached hydrogen (secondary N) is 1. The molecule has 0 unspecified atom stereocenters. The fraction of sp³-hybridized carbons (Fsp3) is 0.682. The van der Waals surface area contributed by atoms with Gasteiger partial charge in [-0.2, -0.15) is 0 Å². The predicted molar refractivity (Wildman–Crippen MR) is 128 cm³/mol. The maximum Gasteiger partial charge on any atom is 0.193 e.